The number of aromatic nitrogens is 2. The minimum absolute atomic E-state index is 0.176. The van der Waals surface area contributed by atoms with E-state index in [1.807, 2.05) is 30.5 Å². The fourth-order valence-electron chi connectivity index (χ4n) is 3.56. The lowest BCUT2D eigenvalue weighted by Crippen LogP contribution is -2.25. The van der Waals surface area contributed by atoms with E-state index in [9.17, 15) is 5.11 Å². The Labute approximate surface area is 166 Å². The van der Waals surface area contributed by atoms with Crippen LogP contribution < -0.4 is 4.74 Å². The van der Waals surface area contributed by atoms with Crippen LogP contribution in [-0.2, 0) is 13.1 Å². The van der Waals surface area contributed by atoms with Crippen molar-refractivity contribution in [2.45, 2.75) is 13.1 Å². The maximum atomic E-state index is 10.6. The predicted molar refractivity (Wildman–Crippen MR) is 111 cm³/mol. The zero-order valence-electron chi connectivity index (χ0n) is 15.2. The van der Waals surface area contributed by atoms with Crippen LogP contribution in [-0.4, -0.2) is 33.1 Å². The summed E-state index contributed by atoms with van der Waals surface area (Å²) in [5.41, 5.74) is 4.05. The minimum atomic E-state index is 0.176. The van der Waals surface area contributed by atoms with Gasteiger partial charge in [0.1, 0.15) is 11.6 Å². The predicted octanol–water partition coefficient (Wildman–Crippen LogP) is 4.46. The molecule has 0 amide bonds. The van der Waals surface area contributed by atoms with Gasteiger partial charge in [-0.25, -0.2) is 4.98 Å². The molecule has 2 aromatic heterocycles. The number of nitrogens with zero attached hydrogens (tertiary/aromatic N) is 3. The number of pyridine rings is 1. The van der Waals surface area contributed by atoms with Gasteiger partial charge in [0.15, 0.2) is 11.5 Å². The van der Waals surface area contributed by atoms with Crippen LogP contribution in [0.25, 0.3) is 20.8 Å². The fraction of sp³-hybridized carbons (Fsp3) is 0.182. The van der Waals surface area contributed by atoms with Crippen LogP contribution in [0, 0.1) is 0 Å². The zero-order chi connectivity index (χ0) is 18.9. The SMILES string of the molecule is Oc1cc(-c2nc3ccccc3s2)cc2c1OCCN(Cc1cccnc1)C2. The highest BCUT2D eigenvalue weighted by Crippen LogP contribution is 2.39. The molecular formula is C22H19N3O2S. The molecular weight excluding hydrogens is 370 g/mol. The van der Waals surface area contributed by atoms with E-state index in [4.69, 9.17) is 9.72 Å². The first-order valence-electron chi connectivity index (χ1n) is 9.22. The second-order valence-electron chi connectivity index (χ2n) is 6.89. The number of fused-ring (bicyclic) bond motifs is 2. The van der Waals surface area contributed by atoms with E-state index in [1.54, 1.807) is 23.6 Å². The summed E-state index contributed by atoms with van der Waals surface area (Å²) in [7, 11) is 0. The number of rotatable bonds is 3. The molecule has 0 spiro atoms. The highest BCUT2D eigenvalue weighted by Gasteiger charge is 2.21. The van der Waals surface area contributed by atoms with E-state index in [-0.39, 0.29) is 5.75 Å². The molecule has 4 aromatic rings. The van der Waals surface area contributed by atoms with Gasteiger partial charge in [-0.15, -0.1) is 11.3 Å². The number of thiazole rings is 1. The van der Waals surface area contributed by atoms with Crippen LogP contribution in [0.4, 0.5) is 0 Å². The van der Waals surface area contributed by atoms with E-state index in [0.29, 0.717) is 18.9 Å². The first kappa shape index (κ1) is 17.2. The second-order valence-corrected chi connectivity index (χ2v) is 7.92. The van der Waals surface area contributed by atoms with Gasteiger partial charge in [-0.05, 0) is 35.9 Å². The van der Waals surface area contributed by atoms with Crippen LogP contribution in [0.5, 0.6) is 11.5 Å². The van der Waals surface area contributed by atoms with Crippen molar-refractivity contribution in [1.82, 2.24) is 14.9 Å². The van der Waals surface area contributed by atoms with Crippen molar-refractivity contribution < 1.29 is 9.84 Å². The van der Waals surface area contributed by atoms with Crippen molar-refractivity contribution in [3.8, 4) is 22.1 Å². The van der Waals surface area contributed by atoms with E-state index >= 15 is 0 Å². The Balaban J connectivity index is 1.49. The van der Waals surface area contributed by atoms with Gasteiger partial charge in [-0.3, -0.25) is 9.88 Å². The second kappa shape index (κ2) is 7.22. The molecule has 1 N–H and O–H groups in total. The molecule has 0 fully saturated rings. The van der Waals surface area contributed by atoms with Crippen molar-refractivity contribution in [2.24, 2.45) is 0 Å². The molecule has 1 aliphatic rings. The molecule has 0 saturated carbocycles. The molecule has 1 aliphatic heterocycles. The summed E-state index contributed by atoms with van der Waals surface area (Å²) in [5.74, 6) is 0.758. The molecule has 0 atom stereocenters. The molecule has 6 heteroatoms. The van der Waals surface area contributed by atoms with Gasteiger partial charge in [0.05, 0.1) is 10.2 Å². The van der Waals surface area contributed by atoms with Crippen LogP contribution in [0.3, 0.4) is 0 Å². The van der Waals surface area contributed by atoms with Gasteiger partial charge in [0.25, 0.3) is 0 Å². The number of phenols is 1. The third-order valence-electron chi connectivity index (χ3n) is 4.86. The highest BCUT2D eigenvalue weighted by molar-refractivity contribution is 7.21. The van der Waals surface area contributed by atoms with Crippen molar-refractivity contribution in [3.63, 3.8) is 0 Å². The monoisotopic (exact) mass is 389 g/mol. The summed E-state index contributed by atoms with van der Waals surface area (Å²) in [6, 6.07) is 16.0. The maximum Gasteiger partial charge on any atom is 0.165 e. The van der Waals surface area contributed by atoms with Gasteiger partial charge in [0.2, 0.25) is 0 Å². The number of ether oxygens (including phenoxy) is 1. The Bertz CT molecular complexity index is 1090. The van der Waals surface area contributed by atoms with Crippen molar-refractivity contribution >= 4 is 21.6 Å². The highest BCUT2D eigenvalue weighted by atomic mass is 32.1. The van der Waals surface area contributed by atoms with Gasteiger partial charge in [0, 0.05) is 43.2 Å². The fourth-order valence-corrected chi connectivity index (χ4v) is 4.51. The van der Waals surface area contributed by atoms with Crippen LogP contribution in [0.1, 0.15) is 11.1 Å². The third-order valence-corrected chi connectivity index (χ3v) is 5.95. The number of phenolic OH excluding ortho intramolecular Hbond substituents is 1. The molecule has 0 bridgehead atoms. The topological polar surface area (TPSA) is 58.5 Å². The van der Waals surface area contributed by atoms with Crippen molar-refractivity contribution in [3.05, 3.63) is 72.1 Å². The van der Waals surface area contributed by atoms with E-state index < -0.39 is 0 Å². The summed E-state index contributed by atoms with van der Waals surface area (Å²) in [6.45, 7) is 2.83. The standard InChI is InChI=1S/C22H19N3O2S/c26-19-11-16(22-24-18-5-1-2-6-20(18)28-22)10-17-14-25(8-9-27-21(17)19)13-15-4-3-7-23-12-15/h1-7,10-12,26H,8-9,13-14H2. The van der Waals surface area contributed by atoms with Crippen LogP contribution in [0.15, 0.2) is 60.9 Å². The summed E-state index contributed by atoms with van der Waals surface area (Å²) in [5, 5.41) is 11.5. The first-order chi connectivity index (χ1) is 13.8. The first-order valence-corrected chi connectivity index (χ1v) is 10.0. The molecule has 140 valence electrons. The third kappa shape index (κ3) is 3.32. The quantitative estimate of drug-likeness (QED) is 0.561. The molecule has 0 aliphatic carbocycles. The molecule has 5 rings (SSSR count). The number of aromatic hydroxyl groups is 1. The summed E-state index contributed by atoms with van der Waals surface area (Å²) in [6.07, 6.45) is 3.67. The van der Waals surface area contributed by atoms with Crippen LogP contribution in [0.2, 0.25) is 0 Å². The number of hydrogen-bond donors (Lipinski definition) is 1. The molecule has 28 heavy (non-hydrogen) atoms. The maximum absolute atomic E-state index is 10.6. The van der Waals surface area contributed by atoms with E-state index in [2.05, 4.69) is 28.1 Å². The number of para-hydroxylation sites is 1. The Kier molecular flexibility index (Phi) is 4.43. The smallest absolute Gasteiger partial charge is 0.165 e. The summed E-state index contributed by atoms with van der Waals surface area (Å²) in [4.78, 5) is 11.2. The summed E-state index contributed by atoms with van der Waals surface area (Å²) < 4.78 is 7.01. The zero-order valence-corrected chi connectivity index (χ0v) is 16.0. The average Bonchev–Trinajstić information content (AvgIpc) is 3.04. The Morgan fingerprint density at radius 3 is 2.93 bits per heavy atom. The average molecular weight is 389 g/mol. The van der Waals surface area contributed by atoms with Gasteiger partial charge < -0.3 is 9.84 Å². The Morgan fingerprint density at radius 2 is 2.07 bits per heavy atom. The summed E-state index contributed by atoms with van der Waals surface area (Å²) >= 11 is 1.63. The molecule has 2 aromatic carbocycles. The lowest BCUT2D eigenvalue weighted by molar-refractivity contribution is 0.217. The molecule has 3 heterocycles. The van der Waals surface area contributed by atoms with Gasteiger partial charge in [-0.2, -0.15) is 0 Å². The van der Waals surface area contributed by atoms with E-state index in [0.717, 1.165) is 45.0 Å². The van der Waals surface area contributed by atoms with Crippen LogP contribution >= 0.6 is 11.3 Å². The van der Waals surface area contributed by atoms with E-state index in [1.165, 1.54) is 0 Å². The minimum Gasteiger partial charge on any atom is -0.504 e. The van der Waals surface area contributed by atoms with Crippen molar-refractivity contribution in [1.29, 1.82) is 0 Å². The molecule has 0 radical (unpaired) electrons. The lowest BCUT2D eigenvalue weighted by atomic mass is 10.1. The normalized spacial score (nSPS) is 14.4. The van der Waals surface area contributed by atoms with Gasteiger partial charge >= 0.3 is 0 Å². The Morgan fingerprint density at radius 1 is 1.14 bits per heavy atom. The molecule has 0 saturated heterocycles. The van der Waals surface area contributed by atoms with Crippen molar-refractivity contribution in [2.75, 3.05) is 13.2 Å². The number of benzene rings is 2. The number of hydrogen-bond acceptors (Lipinski definition) is 6. The largest absolute Gasteiger partial charge is 0.504 e. The molecule has 5 nitrogen and oxygen atoms in total. The Hall–Kier alpha value is -2.96. The lowest BCUT2D eigenvalue weighted by Gasteiger charge is -2.19. The molecule has 0 unspecified atom stereocenters. The van der Waals surface area contributed by atoms with Gasteiger partial charge in [-0.1, -0.05) is 18.2 Å².